The summed E-state index contributed by atoms with van der Waals surface area (Å²) in [6, 6.07) is 7.56. The zero-order chi connectivity index (χ0) is 17.3. The van der Waals surface area contributed by atoms with Crippen LogP contribution in [0.2, 0.25) is 0 Å². The van der Waals surface area contributed by atoms with Crippen molar-refractivity contribution in [2.24, 2.45) is 0 Å². The molecule has 0 spiro atoms. The highest BCUT2D eigenvalue weighted by Crippen LogP contribution is 2.19. The van der Waals surface area contributed by atoms with Gasteiger partial charge in [-0.05, 0) is 56.4 Å². The number of furan rings is 2. The quantitative estimate of drug-likeness (QED) is 0.703. The van der Waals surface area contributed by atoms with Crippen LogP contribution < -0.4 is 5.32 Å². The van der Waals surface area contributed by atoms with Gasteiger partial charge in [0.05, 0.1) is 32.2 Å². The zero-order valence-electron chi connectivity index (χ0n) is 14.6. The first kappa shape index (κ1) is 17.5. The molecule has 1 aliphatic carbocycles. The monoisotopic (exact) mass is 342 g/mol. The molecule has 3 rings (SSSR count). The lowest BCUT2D eigenvalue weighted by Crippen LogP contribution is -2.37. The number of nitrogens with one attached hydrogen (secondary N) is 1. The highest BCUT2D eigenvalue weighted by molar-refractivity contribution is 5.78. The normalized spacial score (nSPS) is 14.5. The minimum absolute atomic E-state index is 0.0366. The molecule has 2 heterocycles. The van der Waals surface area contributed by atoms with E-state index in [4.69, 9.17) is 8.83 Å². The van der Waals surface area contributed by atoms with Gasteiger partial charge in [-0.25, -0.2) is 0 Å². The second kappa shape index (κ2) is 9.28. The van der Waals surface area contributed by atoms with Crippen molar-refractivity contribution in [1.82, 2.24) is 10.2 Å². The van der Waals surface area contributed by atoms with E-state index in [1.807, 2.05) is 29.2 Å². The molecule has 0 unspecified atom stereocenters. The van der Waals surface area contributed by atoms with Crippen LogP contribution in [0.1, 0.15) is 43.6 Å². The highest BCUT2D eigenvalue weighted by Gasteiger charge is 2.15. The predicted octanol–water partition coefficient (Wildman–Crippen LogP) is 3.88. The van der Waals surface area contributed by atoms with Gasteiger partial charge in [0.25, 0.3) is 0 Å². The fourth-order valence-electron chi connectivity index (χ4n) is 3.17. The SMILES string of the molecule is O=C(CN(Cc1ccco1)Cc1ccco1)NCCC1=CCCCC1. The number of hydrogen-bond acceptors (Lipinski definition) is 4. The van der Waals surface area contributed by atoms with Gasteiger partial charge in [0.2, 0.25) is 5.91 Å². The van der Waals surface area contributed by atoms with Crippen molar-refractivity contribution < 1.29 is 13.6 Å². The highest BCUT2D eigenvalue weighted by atomic mass is 16.3. The maximum atomic E-state index is 12.3. The second-order valence-corrected chi connectivity index (χ2v) is 6.51. The Hall–Kier alpha value is -2.27. The maximum absolute atomic E-state index is 12.3. The van der Waals surface area contributed by atoms with Crippen molar-refractivity contribution in [3.8, 4) is 0 Å². The predicted molar refractivity (Wildman–Crippen MR) is 95.7 cm³/mol. The van der Waals surface area contributed by atoms with Gasteiger partial charge in [0.15, 0.2) is 0 Å². The molecule has 2 aromatic heterocycles. The summed E-state index contributed by atoms with van der Waals surface area (Å²) in [7, 11) is 0. The number of carbonyl (C=O) groups excluding carboxylic acids is 1. The molecule has 5 heteroatoms. The molecule has 0 bridgehead atoms. The van der Waals surface area contributed by atoms with Crippen molar-refractivity contribution in [1.29, 1.82) is 0 Å². The molecule has 134 valence electrons. The molecule has 0 atom stereocenters. The average molecular weight is 342 g/mol. The van der Waals surface area contributed by atoms with Crippen LogP contribution in [-0.4, -0.2) is 23.9 Å². The Morgan fingerprint density at radius 3 is 2.36 bits per heavy atom. The number of rotatable bonds is 9. The van der Waals surface area contributed by atoms with E-state index < -0.39 is 0 Å². The zero-order valence-corrected chi connectivity index (χ0v) is 14.6. The maximum Gasteiger partial charge on any atom is 0.234 e. The van der Waals surface area contributed by atoms with E-state index in [1.165, 1.54) is 31.3 Å². The molecule has 0 fully saturated rings. The molecular weight excluding hydrogens is 316 g/mol. The number of amides is 1. The van der Waals surface area contributed by atoms with Gasteiger partial charge in [0.1, 0.15) is 11.5 Å². The van der Waals surface area contributed by atoms with Crippen molar-refractivity contribution in [2.75, 3.05) is 13.1 Å². The molecule has 25 heavy (non-hydrogen) atoms. The topological polar surface area (TPSA) is 58.6 Å². The molecule has 1 amide bonds. The van der Waals surface area contributed by atoms with E-state index in [2.05, 4.69) is 11.4 Å². The van der Waals surface area contributed by atoms with Gasteiger partial charge in [-0.1, -0.05) is 11.6 Å². The van der Waals surface area contributed by atoms with Crippen molar-refractivity contribution in [3.05, 3.63) is 60.0 Å². The molecule has 1 N–H and O–H groups in total. The van der Waals surface area contributed by atoms with Gasteiger partial charge < -0.3 is 14.2 Å². The van der Waals surface area contributed by atoms with Gasteiger partial charge in [-0.3, -0.25) is 9.69 Å². The lowest BCUT2D eigenvalue weighted by atomic mass is 9.97. The van der Waals surface area contributed by atoms with Gasteiger partial charge in [-0.15, -0.1) is 0 Å². The number of allylic oxidation sites excluding steroid dienone is 1. The van der Waals surface area contributed by atoms with Gasteiger partial charge >= 0.3 is 0 Å². The standard InChI is InChI=1S/C20H26N2O3/c23-20(21-11-10-17-6-2-1-3-7-17)16-22(14-18-8-4-12-24-18)15-19-9-5-13-25-19/h4-6,8-9,12-13H,1-3,7,10-11,14-16H2,(H,21,23). The average Bonchev–Trinajstić information content (AvgIpc) is 3.30. The van der Waals surface area contributed by atoms with Crippen molar-refractivity contribution in [3.63, 3.8) is 0 Å². The van der Waals surface area contributed by atoms with E-state index >= 15 is 0 Å². The summed E-state index contributed by atoms with van der Waals surface area (Å²) in [5.74, 6) is 1.72. The van der Waals surface area contributed by atoms with Gasteiger partial charge in [-0.2, -0.15) is 0 Å². The fraction of sp³-hybridized carbons (Fsp3) is 0.450. The first-order valence-electron chi connectivity index (χ1n) is 9.01. The summed E-state index contributed by atoms with van der Waals surface area (Å²) in [6.45, 7) is 2.18. The smallest absolute Gasteiger partial charge is 0.234 e. The van der Waals surface area contributed by atoms with E-state index in [9.17, 15) is 4.79 Å². The van der Waals surface area contributed by atoms with E-state index in [-0.39, 0.29) is 5.91 Å². The molecule has 2 aromatic rings. The number of carbonyl (C=O) groups is 1. The molecule has 0 radical (unpaired) electrons. The third kappa shape index (κ3) is 5.94. The molecule has 0 aromatic carbocycles. The van der Waals surface area contributed by atoms with Crippen LogP contribution in [0.3, 0.4) is 0 Å². The summed E-state index contributed by atoms with van der Waals surface area (Å²) in [6.07, 6.45) is 11.5. The van der Waals surface area contributed by atoms with Crippen LogP contribution in [0.5, 0.6) is 0 Å². The Morgan fingerprint density at radius 1 is 1.08 bits per heavy atom. The molecule has 1 aliphatic rings. The summed E-state index contributed by atoms with van der Waals surface area (Å²) < 4.78 is 10.8. The van der Waals surface area contributed by atoms with Crippen molar-refractivity contribution in [2.45, 2.75) is 45.2 Å². The van der Waals surface area contributed by atoms with Crippen LogP contribution in [0.4, 0.5) is 0 Å². The second-order valence-electron chi connectivity index (χ2n) is 6.51. The lowest BCUT2D eigenvalue weighted by Gasteiger charge is -2.20. The third-order valence-corrected chi connectivity index (χ3v) is 4.44. The molecular formula is C20H26N2O3. The number of nitrogens with zero attached hydrogens (tertiary/aromatic N) is 1. The summed E-state index contributed by atoms with van der Waals surface area (Å²) in [5, 5.41) is 3.04. The molecule has 0 saturated heterocycles. The Bertz CT molecular complexity index is 623. The minimum Gasteiger partial charge on any atom is -0.468 e. The van der Waals surface area contributed by atoms with Crippen LogP contribution >= 0.6 is 0 Å². The third-order valence-electron chi connectivity index (χ3n) is 4.44. The minimum atomic E-state index is 0.0366. The van der Waals surface area contributed by atoms with Gasteiger partial charge in [0, 0.05) is 6.54 Å². The first-order chi connectivity index (χ1) is 12.3. The summed E-state index contributed by atoms with van der Waals surface area (Å²) in [5.41, 5.74) is 1.48. The molecule has 0 aliphatic heterocycles. The summed E-state index contributed by atoms with van der Waals surface area (Å²) in [4.78, 5) is 14.3. The Balaban J connectivity index is 1.47. The van der Waals surface area contributed by atoms with Crippen LogP contribution in [0.15, 0.2) is 57.3 Å². The lowest BCUT2D eigenvalue weighted by molar-refractivity contribution is -0.122. The van der Waals surface area contributed by atoms with E-state index in [0.29, 0.717) is 26.2 Å². The Kier molecular flexibility index (Phi) is 6.51. The van der Waals surface area contributed by atoms with E-state index in [0.717, 1.165) is 17.9 Å². The van der Waals surface area contributed by atoms with Crippen molar-refractivity contribution >= 4 is 5.91 Å². The summed E-state index contributed by atoms with van der Waals surface area (Å²) >= 11 is 0. The molecule has 0 saturated carbocycles. The van der Waals surface area contributed by atoms with E-state index in [1.54, 1.807) is 12.5 Å². The number of hydrogen-bond donors (Lipinski definition) is 1. The molecule has 5 nitrogen and oxygen atoms in total. The van der Waals surface area contributed by atoms with Crippen LogP contribution in [0, 0.1) is 0 Å². The van der Waals surface area contributed by atoms with Crippen LogP contribution in [-0.2, 0) is 17.9 Å². The first-order valence-corrected chi connectivity index (χ1v) is 9.01. The van der Waals surface area contributed by atoms with Crippen LogP contribution in [0.25, 0.3) is 0 Å². The largest absolute Gasteiger partial charge is 0.468 e. The Labute approximate surface area is 148 Å². The fourth-order valence-corrected chi connectivity index (χ4v) is 3.17. The Morgan fingerprint density at radius 2 is 1.80 bits per heavy atom.